The molecule has 0 aliphatic carbocycles. The maximum atomic E-state index is 5.17. The molecule has 0 spiro atoms. The average Bonchev–Trinajstić information content (AvgIpc) is 2.07. The van der Waals surface area contributed by atoms with Gasteiger partial charge in [0.1, 0.15) is 6.61 Å². The molecule has 0 aromatic carbocycles. The van der Waals surface area contributed by atoms with Gasteiger partial charge in [-0.1, -0.05) is 0 Å². The fraction of sp³-hybridized carbons (Fsp3) is 0.571. The molecule has 1 aliphatic rings. The monoisotopic (exact) mass is 157 g/mol. The quantitative estimate of drug-likeness (QED) is 0.559. The van der Waals surface area contributed by atoms with Crippen LogP contribution in [-0.2, 0) is 14.3 Å². The fourth-order valence-electron chi connectivity index (χ4n) is 0.719. The second kappa shape index (κ2) is 3.85. The van der Waals surface area contributed by atoms with Crippen LogP contribution in [0.25, 0.3) is 0 Å². The Balaban J connectivity index is 2.58. The highest BCUT2D eigenvalue weighted by Crippen LogP contribution is 2.03. The number of methoxy groups -OCH3 is 1. The molecule has 0 saturated heterocycles. The van der Waals surface area contributed by atoms with E-state index in [4.69, 9.17) is 14.3 Å². The van der Waals surface area contributed by atoms with E-state index in [1.165, 1.54) is 0 Å². The van der Waals surface area contributed by atoms with Crippen LogP contribution in [0.4, 0.5) is 0 Å². The van der Waals surface area contributed by atoms with Gasteiger partial charge in [-0.2, -0.15) is 0 Å². The molecule has 0 radical (unpaired) electrons. The van der Waals surface area contributed by atoms with Gasteiger partial charge in [0.05, 0.1) is 13.4 Å². The van der Waals surface area contributed by atoms with Crippen LogP contribution >= 0.6 is 0 Å². The molecule has 62 valence electrons. The summed E-state index contributed by atoms with van der Waals surface area (Å²) in [4.78, 5) is 4.82. The van der Waals surface area contributed by atoms with Crippen LogP contribution in [0.1, 0.15) is 6.92 Å². The minimum absolute atomic E-state index is 0.498. The van der Waals surface area contributed by atoms with Crippen molar-refractivity contribution in [2.45, 2.75) is 6.92 Å². The molecule has 0 unspecified atom stereocenters. The first-order valence-electron chi connectivity index (χ1n) is 3.37. The Bertz CT molecular complexity index is 186. The van der Waals surface area contributed by atoms with Crippen molar-refractivity contribution in [3.63, 3.8) is 0 Å². The third kappa shape index (κ3) is 2.14. The molecule has 0 fully saturated rings. The number of ether oxygens (including phenoxy) is 2. The normalized spacial score (nSPS) is 18.0. The molecule has 0 N–H and O–H groups in total. The van der Waals surface area contributed by atoms with Crippen molar-refractivity contribution in [2.24, 2.45) is 5.16 Å². The average molecular weight is 157 g/mol. The minimum Gasteiger partial charge on any atom is -0.504 e. The number of rotatable bonds is 2. The van der Waals surface area contributed by atoms with Crippen LogP contribution in [0.2, 0.25) is 0 Å². The smallest absolute Gasteiger partial charge is 0.256 e. The van der Waals surface area contributed by atoms with Gasteiger partial charge in [-0.15, -0.1) is 0 Å². The van der Waals surface area contributed by atoms with E-state index >= 15 is 0 Å². The summed E-state index contributed by atoms with van der Waals surface area (Å²) in [5, 5.41) is 3.69. The summed E-state index contributed by atoms with van der Waals surface area (Å²) >= 11 is 0. The van der Waals surface area contributed by atoms with Crippen molar-refractivity contribution < 1.29 is 14.3 Å². The maximum absolute atomic E-state index is 5.17. The molecular weight excluding hydrogens is 146 g/mol. The fourth-order valence-corrected chi connectivity index (χ4v) is 0.719. The lowest BCUT2D eigenvalue weighted by Gasteiger charge is -2.12. The van der Waals surface area contributed by atoms with Gasteiger partial charge in [-0.25, -0.2) is 0 Å². The summed E-state index contributed by atoms with van der Waals surface area (Å²) in [6.45, 7) is 2.91. The third-order valence-electron chi connectivity index (χ3n) is 1.19. The van der Waals surface area contributed by atoms with Crippen LogP contribution in [0.3, 0.4) is 0 Å². The van der Waals surface area contributed by atoms with E-state index < -0.39 is 0 Å². The third-order valence-corrected chi connectivity index (χ3v) is 1.19. The van der Waals surface area contributed by atoms with Crippen molar-refractivity contribution in [1.29, 1.82) is 0 Å². The SMILES string of the molecule is COC=C(C)C1=NOCCO1. The summed E-state index contributed by atoms with van der Waals surface area (Å²) in [7, 11) is 1.58. The molecule has 4 heteroatoms. The van der Waals surface area contributed by atoms with Crippen LogP contribution in [0.5, 0.6) is 0 Å². The van der Waals surface area contributed by atoms with Crippen molar-refractivity contribution in [2.75, 3.05) is 20.3 Å². The zero-order valence-corrected chi connectivity index (χ0v) is 6.66. The topological polar surface area (TPSA) is 40.0 Å². The molecule has 0 atom stereocenters. The zero-order chi connectivity index (χ0) is 8.10. The first kappa shape index (κ1) is 7.91. The predicted molar refractivity (Wildman–Crippen MR) is 40.1 cm³/mol. The summed E-state index contributed by atoms with van der Waals surface area (Å²) in [5.74, 6) is 0.498. The standard InChI is InChI=1S/C7H11NO3/c1-6(5-9-2)7-8-11-4-3-10-7/h5H,3-4H2,1-2H3. The number of hydrogen-bond donors (Lipinski definition) is 0. The summed E-state index contributed by atoms with van der Waals surface area (Å²) < 4.78 is 9.95. The van der Waals surface area contributed by atoms with Gasteiger partial charge in [0.15, 0.2) is 6.61 Å². The number of oxime groups is 1. The second-order valence-electron chi connectivity index (χ2n) is 2.11. The first-order chi connectivity index (χ1) is 5.34. The lowest BCUT2D eigenvalue weighted by molar-refractivity contribution is 0.0650. The number of hydrogen-bond acceptors (Lipinski definition) is 4. The molecule has 0 aromatic rings. The van der Waals surface area contributed by atoms with Gasteiger partial charge in [-0.3, -0.25) is 0 Å². The Morgan fingerprint density at radius 2 is 2.45 bits per heavy atom. The van der Waals surface area contributed by atoms with E-state index in [1.54, 1.807) is 13.4 Å². The van der Waals surface area contributed by atoms with E-state index in [2.05, 4.69) is 5.16 Å². The molecule has 1 heterocycles. The second-order valence-corrected chi connectivity index (χ2v) is 2.11. The van der Waals surface area contributed by atoms with Crippen molar-refractivity contribution >= 4 is 5.90 Å². The van der Waals surface area contributed by atoms with Crippen LogP contribution in [0.15, 0.2) is 17.0 Å². The lowest BCUT2D eigenvalue weighted by Crippen LogP contribution is -2.16. The Morgan fingerprint density at radius 1 is 1.64 bits per heavy atom. The Hall–Kier alpha value is -1.19. The van der Waals surface area contributed by atoms with Crippen molar-refractivity contribution in [3.8, 4) is 0 Å². The predicted octanol–water partition coefficient (Wildman–Crippen LogP) is 0.897. The molecule has 1 aliphatic heterocycles. The van der Waals surface area contributed by atoms with Gasteiger partial charge in [0.25, 0.3) is 5.90 Å². The molecule has 0 saturated carbocycles. The summed E-state index contributed by atoms with van der Waals surface area (Å²) in [6, 6.07) is 0. The molecule has 4 nitrogen and oxygen atoms in total. The van der Waals surface area contributed by atoms with E-state index in [0.717, 1.165) is 5.57 Å². The summed E-state index contributed by atoms with van der Waals surface area (Å²) in [5.41, 5.74) is 0.826. The van der Waals surface area contributed by atoms with Crippen molar-refractivity contribution in [1.82, 2.24) is 0 Å². The van der Waals surface area contributed by atoms with Gasteiger partial charge < -0.3 is 14.3 Å². The highest BCUT2D eigenvalue weighted by atomic mass is 16.7. The molecular formula is C7H11NO3. The van der Waals surface area contributed by atoms with Crippen LogP contribution in [-0.4, -0.2) is 26.2 Å². The Labute approximate surface area is 65.4 Å². The molecule has 1 rings (SSSR count). The van der Waals surface area contributed by atoms with E-state index in [1.807, 2.05) is 6.92 Å². The summed E-state index contributed by atoms with van der Waals surface area (Å²) in [6.07, 6.45) is 1.56. The van der Waals surface area contributed by atoms with Gasteiger partial charge in [0.2, 0.25) is 0 Å². The molecule has 0 amide bonds. The van der Waals surface area contributed by atoms with Gasteiger partial charge in [-0.05, 0) is 12.1 Å². The van der Waals surface area contributed by atoms with Gasteiger partial charge in [0, 0.05) is 5.57 Å². The van der Waals surface area contributed by atoms with E-state index in [0.29, 0.717) is 19.1 Å². The largest absolute Gasteiger partial charge is 0.504 e. The number of nitrogens with zero attached hydrogens (tertiary/aromatic N) is 1. The highest BCUT2D eigenvalue weighted by Gasteiger charge is 2.08. The Kier molecular flexibility index (Phi) is 2.77. The highest BCUT2D eigenvalue weighted by molar-refractivity contribution is 5.92. The minimum atomic E-state index is 0.498. The van der Waals surface area contributed by atoms with Crippen LogP contribution < -0.4 is 0 Å². The van der Waals surface area contributed by atoms with E-state index in [9.17, 15) is 0 Å². The van der Waals surface area contributed by atoms with Crippen molar-refractivity contribution in [3.05, 3.63) is 11.8 Å². The zero-order valence-electron chi connectivity index (χ0n) is 6.66. The van der Waals surface area contributed by atoms with Crippen LogP contribution in [0, 0.1) is 0 Å². The lowest BCUT2D eigenvalue weighted by atomic mass is 10.3. The molecule has 0 bridgehead atoms. The first-order valence-corrected chi connectivity index (χ1v) is 3.37. The Morgan fingerprint density at radius 3 is 3.00 bits per heavy atom. The molecule has 0 aromatic heterocycles. The van der Waals surface area contributed by atoms with E-state index in [-0.39, 0.29) is 0 Å². The maximum Gasteiger partial charge on any atom is 0.256 e. The van der Waals surface area contributed by atoms with Gasteiger partial charge >= 0.3 is 0 Å². The molecule has 11 heavy (non-hydrogen) atoms.